The van der Waals surface area contributed by atoms with E-state index in [0.717, 1.165) is 33.6 Å². The number of fused-ring (bicyclic) bond motifs is 7. The van der Waals surface area contributed by atoms with Gasteiger partial charge in [0.05, 0.1) is 11.4 Å². The molecule has 3 heteroatoms. The first-order chi connectivity index (χ1) is 16.3. The number of hydrogen-bond acceptors (Lipinski definition) is 3. The van der Waals surface area contributed by atoms with Crippen molar-refractivity contribution >= 4 is 43.4 Å². The van der Waals surface area contributed by atoms with Crippen LogP contribution < -0.4 is 0 Å². The van der Waals surface area contributed by atoms with Gasteiger partial charge in [-0.05, 0) is 62.6 Å². The average molecular weight is 422 g/mol. The van der Waals surface area contributed by atoms with E-state index in [9.17, 15) is 0 Å². The first-order valence-electron chi connectivity index (χ1n) is 11.0. The molecule has 154 valence electrons. The minimum atomic E-state index is 0.767. The standard InChI is InChI=1S/C30H18N2O/c1-2-8-23-21(6-1)22-7-3-4-9-24(22)26-16-19(12-14-25(23)26)27-10-5-11-28(32-27)20-13-15-29-30(17-20)33-18-31-29/h1-18H. The molecule has 2 heterocycles. The Balaban J connectivity index is 1.44. The molecule has 0 amide bonds. The van der Waals surface area contributed by atoms with Gasteiger partial charge in [0.25, 0.3) is 0 Å². The smallest absolute Gasteiger partial charge is 0.181 e. The minimum Gasteiger partial charge on any atom is -0.443 e. The van der Waals surface area contributed by atoms with Gasteiger partial charge in [-0.3, -0.25) is 0 Å². The molecule has 0 atom stereocenters. The zero-order valence-corrected chi connectivity index (χ0v) is 17.7. The number of aromatic nitrogens is 2. The molecule has 0 saturated heterocycles. The Kier molecular flexibility index (Phi) is 3.84. The Labute approximate surface area is 190 Å². The summed E-state index contributed by atoms with van der Waals surface area (Å²) < 4.78 is 5.48. The molecule has 7 aromatic rings. The van der Waals surface area contributed by atoms with Gasteiger partial charge < -0.3 is 4.42 Å². The van der Waals surface area contributed by atoms with Crippen molar-refractivity contribution < 1.29 is 4.42 Å². The van der Waals surface area contributed by atoms with Crippen molar-refractivity contribution in [2.24, 2.45) is 0 Å². The highest BCUT2D eigenvalue weighted by Crippen LogP contribution is 2.37. The van der Waals surface area contributed by atoms with Crippen molar-refractivity contribution in [2.75, 3.05) is 0 Å². The van der Waals surface area contributed by atoms with Crippen molar-refractivity contribution in [3.63, 3.8) is 0 Å². The lowest BCUT2D eigenvalue weighted by molar-refractivity contribution is 0.602. The third-order valence-corrected chi connectivity index (χ3v) is 6.42. The van der Waals surface area contributed by atoms with Crippen LogP contribution in [0.25, 0.3) is 65.9 Å². The number of benzene rings is 5. The van der Waals surface area contributed by atoms with Crippen LogP contribution in [0.4, 0.5) is 0 Å². The Hall–Kier alpha value is -4.50. The molecule has 0 bridgehead atoms. The molecule has 0 N–H and O–H groups in total. The van der Waals surface area contributed by atoms with Gasteiger partial charge in [0.1, 0.15) is 5.52 Å². The molecule has 0 unspecified atom stereocenters. The molecule has 7 rings (SSSR count). The molecule has 3 nitrogen and oxygen atoms in total. The molecular weight excluding hydrogens is 404 g/mol. The molecule has 0 spiro atoms. The second-order valence-corrected chi connectivity index (χ2v) is 8.29. The molecule has 0 aliphatic heterocycles. The lowest BCUT2D eigenvalue weighted by Crippen LogP contribution is -1.89. The maximum absolute atomic E-state index is 5.48. The molecule has 0 fully saturated rings. The summed E-state index contributed by atoms with van der Waals surface area (Å²) in [4.78, 5) is 9.20. The van der Waals surface area contributed by atoms with Crippen LogP contribution in [0.3, 0.4) is 0 Å². The van der Waals surface area contributed by atoms with Gasteiger partial charge in [-0.25, -0.2) is 9.97 Å². The van der Waals surface area contributed by atoms with E-state index in [4.69, 9.17) is 9.40 Å². The van der Waals surface area contributed by atoms with E-state index in [1.807, 2.05) is 24.3 Å². The van der Waals surface area contributed by atoms with Crippen LogP contribution in [0.2, 0.25) is 0 Å². The zero-order chi connectivity index (χ0) is 21.8. The van der Waals surface area contributed by atoms with Gasteiger partial charge in [-0.15, -0.1) is 0 Å². The third kappa shape index (κ3) is 2.83. The fourth-order valence-corrected chi connectivity index (χ4v) is 4.84. The number of hydrogen-bond donors (Lipinski definition) is 0. The highest BCUT2D eigenvalue weighted by atomic mass is 16.3. The minimum absolute atomic E-state index is 0.767. The monoisotopic (exact) mass is 422 g/mol. The summed E-state index contributed by atoms with van der Waals surface area (Å²) in [5.74, 6) is 0. The van der Waals surface area contributed by atoms with Gasteiger partial charge in [0.2, 0.25) is 0 Å². The highest BCUT2D eigenvalue weighted by Gasteiger charge is 2.11. The summed E-state index contributed by atoms with van der Waals surface area (Å²) in [5, 5.41) is 7.62. The predicted molar refractivity (Wildman–Crippen MR) is 135 cm³/mol. The maximum Gasteiger partial charge on any atom is 0.181 e. The first-order valence-corrected chi connectivity index (χ1v) is 11.0. The molecule has 0 aliphatic carbocycles. The van der Waals surface area contributed by atoms with E-state index in [2.05, 4.69) is 83.8 Å². The summed E-state index contributed by atoms with van der Waals surface area (Å²) in [6.45, 7) is 0. The van der Waals surface area contributed by atoms with Crippen LogP contribution in [0.5, 0.6) is 0 Å². The lowest BCUT2D eigenvalue weighted by atomic mass is 9.93. The number of rotatable bonds is 2. The molecule has 0 radical (unpaired) electrons. The normalized spacial score (nSPS) is 11.6. The Morgan fingerprint density at radius 2 is 1.06 bits per heavy atom. The van der Waals surface area contributed by atoms with E-state index in [-0.39, 0.29) is 0 Å². The molecular formula is C30H18N2O. The van der Waals surface area contributed by atoms with Crippen molar-refractivity contribution in [3.05, 3.63) is 110 Å². The van der Waals surface area contributed by atoms with Crippen LogP contribution >= 0.6 is 0 Å². The van der Waals surface area contributed by atoms with Gasteiger partial charge >= 0.3 is 0 Å². The van der Waals surface area contributed by atoms with Gasteiger partial charge in [0.15, 0.2) is 12.0 Å². The van der Waals surface area contributed by atoms with Gasteiger partial charge in [-0.1, -0.05) is 72.8 Å². The fourth-order valence-electron chi connectivity index (χ4n) is 4.84. The Morgan fingerprint density at radius 3 is 1.76 bits per heavy atom. The molecule has 33 heavy (non-hydrogen) atoms. The van der Waals surface area contributed by atoms with E-state index >= 15 is 0 Å². The summed E-state index contributed by atoms with van der Waals surface area (Å²) in [7, 11) is 0. The van der Waals surface area contributed by atoms with Crippen molar-refractivity contribution in [3.8, 4) is 22.5 Å². The van der Waals surface area contributed by atoms with Crippen LogP contribution in [0.15, 0.2) is 114 Å². The van der Waals surface area contributed by atoms with Crippen molar-refractivity contribution in [1.29, 1.82) is 0 Å². The maximum atomic E-state index is 5.48. The van der Waals surface area contributed by atoms with E-state index in [1.165, 1.54) is 38.7 Å². The quantitative estimate of drug-likeness (QED) is 0.265. The number of oxazole rings is 1. The van der Waals surface area contributed by atoms with E-state index in [0.29, 0.717) is 0 Å². The Bertz CT molecular complexity index is 1800. The summed E-state index contributed by atoms with van der Waals surface area (Å²) in [6.07, 6.45) is 1.47. The fraction of sp³-hybridized carbons (Fsp3) is 0. The van der Waals surface area contributed by atoms with Crippen molar-refractivity contribution in [1.82, 2.24) is 9.97 Å². The predicted octanol–water partition coefficient (Wildman–Crippen LogP) is 8.02. The molecule has 0 saturated carbocycles. The summed E-state index contributed by atoms with van der Waals surface area (Å²) >= 11 is 0. The van der Waals surface area contributed by atoms with Crippen LogP contribution in [0.1, 0.15) is 0 Å². The van der Waals surface area contributed by atoms with Gasteiger partial charge in [-0.2, -0.15) is 0 Å². The van der Waals surface area contributed by atoms with Crippen LogP contribution in [-0.2, 0) is 0 Å². The summed E-state index contributed by atoms with van der Waals surface area (Å²) in [6, 6.07) is 36.1. The number of pyridine rings is 1. The topological polar surface area (TPSA) is 38.9 Å². The van der Waals surface area contributed by atoms with E-state index in [1.54, 1.807) is 0 Å². The average Bonchev–Trinajstić information content (AvgIpc) is 3.37. The number of nitrogens with zero attached hydrogens (tertiary/aromatic N) is 2. The van der Waals surface area contributed by atoms with E-state index < -0.39 is 0 Å². The Morgan fingerprint density at radius 1 is 0.485 bits per heavy atom. The largest absolute Gasteiger partial charge is 0.443 e. The highest BCUT2D eigenvalue weighted by molar-refractivity contribution is 6.25. The second-order valence-electron chi connectivity index (χ2n) is 8.29. The molecule has 0 aliphatic rings. The van der Waals surface area contributed by atoms with Gasteiger partial charge in [0, 0.05) is 11.1 Å². The SMILES string of the molecule is c1cc(-c2ccc3ncoc3c2)nc(-c2ccc3c4ccccc4c4ccccc4c3c2)c1. The third-order valence-electron chi connectivity index (χ3n) is 6.42. The zero-order valence-electron chi connectivity index (χ0n) is 17.7. The second kappa shape index (κ2) is 7.01. The lowest BCUT2D eigenvalue weighted by Gasteiger charge is -2.12. The summed E-state index contributed by atoms with van der Waals surface area (Å²) in [5.41, 5.74) is 5.59. The molecule has 5 aromatic carbocycles. The van der Waals surface area contributed by atoms with Crippen molar-refractivity contribution in [2.45, 2.75) is 0 Å². The van der Waals surface area contributed by atoms with Crippen LogP contribution in [-0.4, -0.2) is 9.97 Å². The van der Waals surface area contributed by atoms with Crippen LogP contribution in [0, 0.1) is 0 Å². The first kappa shape index (κ1) is 18.1. The molecule has 2 aromatic heterocycles.